The highest BCUT2D eigenvalue weighted by Crippen LogP contribution is 2.11. The Morgan fingerprint density at radius 3 is 2.80 bits per heavy atom. The van der Waals surface area contributed by atoms with Crippen LogP contribution in [0.25, 0.3) is 0 Å². The Morgan fingerprint density at radius 1 is 1.67 bits per heavy atom. The van der Waals surface area contributed by atoms with Crippen LogP contribution < -0.4 is 5.32 Å². The van der Waals surface area contributed by atoms with E-state index in [4.69, 9.17) is 17.0 Å². The summed E-state index contributed by atoms with van der Waals surface area (Å²) in [6.07, 6.45) is 1.57. The SMILES string of the molecule is CCC(C)OC(=S)NC1CCS(=O)(=O)C1. The van der Waals surface area contributed by atoms with Crippen LogP contribution >= 0.6 is 12.2 Å². The highest BCUT2D eigenvalue weighted by molar-refractivity contribution is 7.91. The lowest BCUT2D eigenvalue weighted by atomic mass is 10.3. The lowest BCUT2D eigenvalue weighted by Crippen LogP contribution is -2.37. The van der Waals surface area contributed by atoms with Crippen molar-refractivity contribution in [2.45, 2.75) is 38.8 Å². The molecule has 0 aromatic heterocycles. The number of ether oxygens (including phenoxy) is 1. The molecule has 1 fully saturated rings. The van der Waals surface area contributed by atoms with Gasteiger partial charge in [-0.2, -0.15) is 0 Å². The third-order valence-electron chi connectivity index (χ3n) is 2.44. The average molecular weight is 251 g/mol. The minimum absolute atomic E-state index is 0.0722. The molecule has 0 radical (unpaired) electrons. The Kier molecular flexibility index (Phi) is 4.33. The van der Waals surface area contributed by atoms with Gasteiger partial charge < -0.3 is 10.1 Å². The summed E-state index contributed by atoms with van der Waals surface area (Å²) < 4.78 is 27.7. The molecule has 4 nitrogen and oxygen atoms in total. The van der Waals surface area contributed by atoms with Gasteiger partial charge in [0.05, 0.1) is 17.6 Å². The molecule has 0 aliphatic carbocycles. The minimum Gasteiger partial charge on any atom is -0.468 e. The Balaban J connectivity index is 2.34. The van der Waals surface area contributed by atoms with Gasteiger partial charge in [0.15, 0.2) is 9.84 Å². The molecule has 0 amide bonds. The van der Waals surface area contributed by atoms with Gasteiger partial charge in [0, 0.05) is 6.04 Å². The van der Waals surface area contributed by atoms with Crippen molar-refractivity contribution in [3.8, 4) is 0 Å². The molecule has 6 heteroatoms. The van der Waals surface area contributed by atoms with Crippen LogP contribution in [0.4, 0.5) is 0 Å². The first-order valence-electron chi connectivity index (χ1n) is 5.10. The fourth-order valence-corrected chi connectivity index (χ4v) is 3.38. The maximum atomic E-state index is 11.2. The first-order chi connectivity index (χ1) is 6.93. The summed E-state index contributed by atoms with van der Waals surface area (Å²) >= 11 is 4.98. The first-order valence-corrected chi connectivity index (χ1v) is 7.33. The molecule has 0 spiro atoms. The number of rotatable bonds is 3. The van der Waals surface area contributed by atoms with Gasteiger partial charge in [-0.15, -0.1) is 0 Å². The van der Waals surface area contributed by atoms with Crippen LogP contribution in [0.5, 0.6) is 0 Å². The highest BCUT2D eigenvalue weighted by atomic mass is 32.2. The molecule has 0 aromatic carbocycles. The van der Waals surface area contributed by atoms with Crippen LogP contribution in [-0.2, 0) is 14.6 Å². The van der Waals surface area contributed by atoms with Crippen LogP contribution in [-0.4, -0.2) is 37.2 Å². The summed E-state index contributed by atoms with van der Waals surface area (Å²) in [5.74, 6) is 0.410. The summed E-state index contributed by atoms with van der Waals surface area (Å²) in [4.78, 5) is 0. The molecule has 88 valence electrons. The van der Waals surface area contributed by atoms with E-state index in [0.717, 1.165) is 6.42 Å². The molecule has 2 atom stereocenters. The normalized spacial score (nSPS) is 25.9. The third kappa shape index (κ3) is 4.34. The van der Waals surface area contributed by atoms with Gasteiger partial charge in [-0.05, 0) is 32.0 Å². The van der Waals surface area contributed by atoms with Crippen molar-refractivity contribution in [2.75, 3.05) is 11.5 Å². The van der Waals surface area contributed by atoms with Gasteiger partial charge in [-0.3, -0.25) is 0 Å². The zero-order chi connectivity index (χ0) is 11.5. The molecule has 2 unspecified atom stereocenters. The van der Waals surface area contributed by atoms with E-state index in [1.807, 2.05) is 13.8 Å². The second-order valence-corrected chi connectivity index (χ2v) is 6.47. The molecule has 15 heavy (non-hydrogen) atoms. The molecule has 1 N–H and O–H groups in total. The van der Waals surface area contributed by atoms with E-state index < -0.39 is 9.84 Å². The standard InChI is InChI=1S/C9H17NO3S2/c1-3-7(2)13-9(14)10-8-4-5-15(11,12)6-8/h7-8H,3-6H2,1-2H3,(H,10,14). The van der Waals surface area contributed by atoms with Gasteiger partial charge in [0.25, 0.3) is 5.17 Å². The predicted octanol–water partition coefficient (Wildman–Crippen LogP) is 0.863. The van der Waals surface area contributed by atoms with Crippen LogP contribution in [0, 0.1) is 0 Å². The maximum absolute atomic E-state index is 11.2. The highest BCUT2D eigenvalue weighted by Gasteiger charge is 2.28. The van der Waals surface area contributed by atoms with Gasteiger partial charge in [-0.25, -0.2) is 8.42 Å². The smallest absolute Gasteiger partial charge is 0.257 e. The number of hydrogen-bond acceptors (Lipinski definition) is 4. The lowest BCUT2D eigenvalue weighted by Gasteiger charge is -2.17. The van der Waals surface area contributed by atoms with Crippen LogP contribution in [0.2, 0.25) is 0 Å². The lowest BCUT2D eigenvalue weighted by molar-refractivity contribution is 0.198. The van der Waals surface area contributed by atoms with Crippen molar-refractivity contribution in [2.24, 2.45) is 0 Å². The summed E-state index contributed by atoms with van der Waals surface area (Å²) in [7, 11) is -2.85. The first kappa shape index (κ1) is 12.7. The Labute approximate surface area is 96.3 Å². The number of nitrogens with one attached hydrogen (secondary N) is 1. The number of hydrogen-bond donors (Lipinski definition) is 1. The van der Waals surface area contributed by atoms with E-state index in [1.54, 1.807) is 0 Å². The van der Waals surface area contributed by atoms with Crippen molar-refractivity contribution in [3.63, 3.8) is 0 Å². The molecule has 1 heterocycles. The number of thiocarbonyl (C=S) groups is 1. The Morgan fingerprint density at radius 2 is 2.33 bits per heavy atom. The van der Waals surface area contributed by atoms with E-state index in [9.17, 15) is 8.42 Å². The van der Waals surface area contributed by atoms with Crippen molar-refractivity contribution in [1.29, 1.82) is 0 Å². The van der Waals surface area contributed by atoms with E-state index >= 15 is 0 Å². The zero-order valence-electron chi connectivity index (χ0n) is 9.02. The molecule has 1 aliphatic heterocycles. The molecule has 1 rings (SSSR count). The van der Waals surface area contributed by atoms with Crippen molar-refractivity contribution >= 4 is 27.2 Å². The van der Waals surface area contributed by atoms with E-state index in [0.29, 0.717) is 11.6 Å². The third-order valence-corrected chi connectivity index (χ3v) is 4.42. The van der Waals surface area contributed by atoms with Crippen molar-refractivity contribution < 1.29 is 13.2 Å². The van der Waals surface area contributed by atoms with Gasteiger partial charge in [0.2, 0.25) is 0 Å². The van der Waals surface area contributed by atoms with Gasteiger partial charge >= 0.3 is 0 Å². The second-order valence-electron chi connectivity index (χ2n) is 3.87. The van der Waals surface area contributed by atoms with Crippen molar-refractivity contribution in [1.82, 2.24) is 5.32 Å². The fourth-order valence-electron chi connectivity index (χ4n) is 1.38. The van der Waals surface area contributed by atoms with Crippen molar-refractivity contribution in [3.05, 3.63) is 0 Å². The van der Waals surface area contributed by atoms with Crippen LogP contribution in [0.1, 0.15) is 26.7 Å². The molecule has 1 aliphatic rings. The maximum Gasteiger partial charge on any atom is 0.257 e. The quantitative estimate of drug-likeness (QED) is 0.754. The molecule has 0 aromatic rings. The molecular formula is C9H17NO3S2. The predicted molar refractivity (Wildman–Crippen MR) is 63.6 cm³/mol. The largest absolute Gasteiger partial charge is 0.468 e. The van der Waals surface area contributed by atoms with E-state index in [1.165, 1.54) is 0 Å². The summed E-state index contributed by atoms with van der Waals surface area (Å²) in [5, 5.41) is 3.24. The number of sulfone groups is 1. The zero-order valence-corrected chi connectivity index (χ0v) is 10.7. The monoisotopic (exact) mass is 251 g/mol. The Bertz CT molecular complexity index is 326. The molecule has 1 saturated heterocycles. The van der Waals surface area contributed by atoms with Gasteiger partial charge in [0.1, 0.15) is 0 Å². The van der Waals surface area contributed by atoms with Crippen LogP contribution in [0.3, 0.4) is 0 Å². The Hall–Kier alpha value is -0.360. The van der Waals surface area contributed by atoms with E-state index in [2.05, 4.69) is 5.32 Å². The summed E-state index contributed by atoms with van der Waals surface area (Å²) in [5.41, 5.74) is 0. The minimum atomic E-state index is -2.85. The second kappa shape index (κ2) is 5.12. The topological polar surface area (TPSA) is 55.4 Å². The molecule has 0 saturated carbocycles. The fraction of sp³-hybridized carbons (Fsp3) is 0.889. The molecular weight excluding hydrogens is 234 g/mol. The van der Waals surface area contributed by atoms with Gasteiger partial charge in [-0.1, -0.05) is 6.92 Å². The molecule has 0 bridgehead atoms. The van der Waals surface area contributed by atoms with E-state index in [-0.39, 0.29) is 23.7 Å². The average Bonchev–Trinajstić information content (AvgIpc) is 2.44. The summed E-state index contributed by atoms with van der Waals surface area (Å²) in [6, 6.07) is -0.0773. The summed E-state index contributed by atoms with van der Waals surface area (Å²) in [6.45, 7) is 3.94. The van der Waals surface area contributed by atoms with Crippen LogP contribution in [0.15, 0.2) is 0 Å².